The molecule has 4 rings (SSSR count). The van der Waals surface area contributed by atoms with Crippen LogP contribution in [0.2, 0.25) is 5.02 Å². The number of imide groups is 1. The summed E-state index contributed by atoms with van der Waals surface area (Å²) in [5, 5.41) is 3.75. The summed E-state index contributed by atoms with van der Waals surface area (Å²) in [6.07, 6.45) is 0. The van der Waals surface area contributed by atoms with Gasteiger partial charge in [0, 0.05) is 30.5 Å². The first-order chi connectivity index (χ1) is 15.3. The van der Waals surface area contributed by atoms with Crippen LogP contribution in [0.25, 0.3) is 5.57 Å². The van der Waals surface area contributed by atoms with Crippen molar-refractivity contribution >= 4 is 46.1 Å². The molecule has 0 saturated heterocycles. The first kappa shape index (κ1) is 21.7. The average Bonchev–Trinajstić information content (AvgIpc) is 2.99. The summed E-state index contributed by atoms with van der Waals surface area (Å²) in [6, 6.07) is 20.2. The molecule has 1 heterocycles. The number of halogens is 1. The summed E-state index contributed by atoms with van der Waals surface area (Å²) < 4.78 is 0. The maximum Gasteiger partial charge on any atom is 0.282 e. The third-order valence-corrected chi connectivity index (χ3v) is 5.72. The molecular formula is C26H24ClN3O2. The van der Waals surface area contributed by atoms with E-state index in [0.29, 0.717) is 16.3 Å². The highest BCUT2D eigenvalue weighted by atomic mass is 35.5. The van der Waals surface area contributed by atoms with Gasteiger partial charge in [-0.25, -0.2) is 4.90 Å². The highest BCUT2D eigenvalue weighted by molar-refractivity contribution is 6.46. The lowest BCUT2D eigenvalue weighted by atomic mass is 9.97. The SMILES string of the molecule is Cc1ccc(C2=C(Nc3ccc(N(C)C)cc3)C(=O)N(c3ccc(Cl)cc3)C2=O)c(C)c1. The Hall–Kier alpha value is -3.57. The molecule has 162 valence electrons. The second-order valence-corrected chi connectivity index (χ2v) is 8.49. The van der Waals surface area contributed by atoms with E-state index in [1.54, 1.807) is 24.3 Å². The predicted molar refractivity (Wildman–Crippen MR) is 131 cm³/mol. The molecule has 0 radical (unpaired) electrons. The number of aryl methyl sites for hydroxylation is 2. The van der Waals surface area contributed by atoms with Gasteiger partial charge in [0.05, 0.1) is 11.3 Å². The number of nitrogens with zero attached hydrogens (tertiary/aromatic N) is 2. The fraction of sp³-hybridized carbons (Fsp3) is 0.154. The van der Waals surface area contributed by atoms with Gasteiger partial charge in [-0.15, -0.1) is 0 Å². The van der Waals surface area contributed by atoms with Crippen molar-refractivity contribution in [1.29, 1.82) is 0 Å². The lowest BCUT2D eigenvalue weighted by Gasteiger charge is -2.16. The fourth-order valence-electron chi connectivity index (χ4n) is 3.80. The molecule has 0 unspecified atom stereocenters. The molecule has 2 amide bonds. The van der Waals surface area contributed by atoms with Gasteiger partial charge in [-0.2, -0.15) is 0 Å². The molecule has 32 heavy (non-hydrogen) atoms. The summed E-state index contributed by atoms with van der Waals surface area (Å²) >= 11 is 6.01. The Morgan fingerprint density at radius 1 is 0.844 bits per heavy atom. The quantitative estimate of drug-likeness (QED) is 0.533. The van der Waals surface area contributed by atoms with Crippen LogP contribution in [0.1, 0.15) is 16.7 Å². The summed E-state index contributed by atoms with van der Waals surface area (Å²) in [7, 11) is 3.93. The topological polar surface area (TPSA) is 52.7 Å². The van der Waals surface area contributed by atoms with Crippen molar-refractivity contribution in [1.82, 2.24) is 0 Å². The zero-order valence-corrected chi connectivity index (χ0v) is 19.2. The van der Waals surface area contributed by atoms with Gasteiger partial charge in [-0.1, -0.05) is 35.4 Å². The van der Waals surface area contributed by atoms with E-state index in [1.807, 2.05) is 75.3 Å². The lowest BCUT2D eigenvalue weighted by Crippen LogP contribution is -2.32. The molecule has 1 aliphatic heterocycles. The number of carbonyl (C=O) groups excluding carboxylic acids is 2. The predicted octanol–water partition coefficient (Wildman–Crippen LogP) is 5.42. The molecule has 3 aromatic carbocycles. The van der Waals surface area contributed by atoms with Gasteiger partial charge in [0.1, 0.15) is 5.70 Å². The molecule has 3 aromatic rings. The van der Waals surface area contributed by atoms with Gasteiger partial charge >= 0.3 is 0 Å². The van der Waals surface area contributed by atoms with Crippen molar-refractivity contribution in [2.45, 2.75) is 13.8 Å². The van der Waals surface area contributed by atoms with Crippen LogP contribution < -0.4 is 15.1 Å². The molecule has 0 saturated carbocycles. The standard InChI is InChI=1S/C26H24ClN3O2/c1-16-5-14-22(17(2)15-16)23-24(28-19-8-12-20(13-9-19)29(3)4)26(32)30(25(23)31)21-10-6-18(27)7-11-21/h5-15,28H,1-4H3. The second kappa shape index (κ2) is 8.52. The van der Waals surface area contributed by atoms with Gasteiger partial charge in [0.15, 0.2) is 0 Å². The maximum atomic E-state index is 13.6. The number of anilines is 3. The first-order valence-electron chi connectivity index (χ1n) is 10.3. The van der Waals surface area contributed by atoms with Crippen LogP contribution in [0, 0.1) is 13.8 Å². The van der Waals surface area contributed by atoms with E-state index in [9.17, 15) is 9.59 Å². The molecule has 0 atom stereocenters. The third-order valence-electron chi connectivity index (χ3n) is 5.47. The Morgan fingerprint density at radius 3 is 2.09 bits per heavy atom. The number of carbonyl (C=O) groups is 2. The van der Waals surface area contributed by atoms with Crippen molar-refractivity contribution in [3.8, 4) is 0 Å². The Kier molecular flexibility index (Phi) is 5.76. The normalized spacial score (nSPS) is 13.7. The Morgan fingerprint density at radius 2 is 1.50 bits per heavy atom. The number of hydrogen-bond donors (Lipinski definition) is 1. The molecule has 5 nitrogen and oxygen atoms in total. The molecule has 6 heteroatoms. The Balaban J connectivity index is 1.81. The number of rotatable bonds is 5. The van der Waals surface area contributed by atoms with E-state index in [4.69, 9.17) is 11.6 Å². The second-order valence-electron chi connectivity index (χ2n) is 8.06. The van der Waals surface area contributed by atoms with Crippen molar-refractivity contribution in [3.05, 3.63) is 94.1 Å². The van der Waals surface area contributed by atoms with Gasteiger partial charge < -0.3 is 10.2 Å². The smallest absolute Gasteiger partial charge is 0.282 e. The van der Waals surface area contributed by atoms with E-state index in [2.05, 4.69) is 5.32 Å². The van der Waals surface area contributed by atoms with Crippen LogP contribution in [0.3, 0.4) is 0 Å². The van der Waals surface area contributed by atoms with E-state index in [0.717, 1.165) is 28.1 Å². The summed E-state index contributed by atoms with van der Waals surface area (Å²) in [6.45, 7) is 3.94. The number of amides is 2. The Labute approximate surface area is 192 Å². The molecule has 0 aromatic heterocycles. The highest BCUT2D eigenvalue weighted by Gasteiger charge is 2.40. The van der Waals surface area contributed by atoms with Crippen molar-refractivity contribution in [3.63, 3.8) is 0 Å². The zero-order valence-electron chi connectivity index (χ0n) is 18.4. The van der Waals surface area contributed by atoms with Gasteiger partial charge in [-0.3, -0.25) is 9.59 Å². The molecule has 0 aliphatic carbocycles. The molecule has 1 aliphatic rings. The van der Waals surface area contributed by atoms with Gasteiger partial charge in [-0.05, 0) is 73.5 Å². The van der Waals surface area contributed by atoms with Gasteiger partial charge in [0.25, 0.3) is 11.8 Å². The minimum absolute atomic E-state index is 0.259. The van der Waals surface area contributed by atoms with Crippen LogP contribution in [-0.4, -0.2) is 25.9 Å². The highest BCUT2D eigenvalue weighted by Crippen LogP contribution is 2.35. The van der Waals surface area contributed by atoms with E-state index < -0.39 is 5.91 Å². The van der Waals surface area contributed by atoms with Crippen molar-refractivity contribution in [2.75, 3.05) is 29.2 Å². The molecule has 0 spiro atoms. The largest absolute Gasteiger partial charge is 0.378 e. The Bertz CT molecular complexity index is 1230. The summed E-state index contributed by atoms with van der Waals surface area (Å²) in [5.74, 6) is -0.763. The van der Waals surface area contributed by atoms with Crippen LogP contribution in [0.5, 0.6) is 0 Å². The van der Waals surface area contributed by atoms with E-state index >= 15 is 0 Å². The monoisotopic (exact) mass is 445 g/mol. The van der Waals surface area contributed by atoms with E-state index in [1.165, 1.54) is 4.90 Å². The maximum absolute atomic E-state index is 13.6. The third kappa shape index (κ3) is 3.99. The number of nitrogens with one attached hydrogen (secondary N) is 1. The van der Waals surface area contributed by atoms with Gasteiger partial charge in [0.2, 0.25) is 0 Å². The lowest BCUT2D eigenvalue weighted by molar-refractivity contribution is -0.120. The average molecular weight is 446 g/mol. The van der Waals surface area contributed by atoms with Crippen LogP contribution in [-0.2, 0) is 9.59 Å². The number of hydrogen-bond acceptors (Lipinski definition) is 4. The van der Waals surface area contributed by atoms with Crippen LogP contribution in [0.15, 0.2) is 72.4 Å². The fourth-order valence-corrected chi connectivity index (χ4v) is 3.93. The summed E-state index contributed by atoms with van der Waals surface area (Å²) in [4.78, 5) is 30.2. The minimum Gasteiger partial charge on any atom is -0.378 e. The zero-order chi connectivity index (χ0) is 23.0. The first-order valence-corrected chi connectivity index (χ1v) is 10.6. The van der Waals surface area contributed by atoms with Crippen LogP contribution >= 0.6 is 11.6 Å². The molecular weight excluding hydrogens is 422 g/mol. The van der Waals surface area contributed by atoms with Crippen LogP contribution in [0.4, 0.5) is 17.1 Å². The molecule has 1 N–H and O–H groups in total. The molecule has 0 bridgehead atoms. The van der Waals surface area contributed by atoms with E-state index in [-0.39, 0.29) is 11.6 Å². The van der Waals surface area contributed by atoms with Crippen molar-refractivity contribution < 1.29 is 9.59 Å². The molecule has 0 fully saturated rings. The van der Waals surface area contributed by atoms with Crippen molar-refractivity contribution in [2.24, 2.45) is 0 Å². The minimum atomic E-state index is -0.399. The summed E-state index contributed by atoms with van der Waals surface area (Å²) in [5.41, 5.74) is 5.62. The number of benzene rings is 3.